The molecule has 0 radical (unpaired) electrons. The second-order valence-corrected chi connectivity index (χ2v) is 4.71. The van der Waals surface area contributed by atoms with E-state index in [-0.39, 0.29) is 11.9 Å². The van der Waals surface area contributed by atoms with Gasteiger partial charge in [0.15, 0.2) is 0 Å². The van der Waals surface area contributed by atoms with Crippen LogP contribution in [0.1, 0.15) is 29.7 Å². The number of para-hydroxylation sites is 1. The van der Waals surface area contributed by atoms with Crippen LogP contribution < -0.4 is 5.32 Å². The van der Waals surface area contributed by atoms with E-state index >= 15 is 0 Å². The van der Waals surface area contributed by atoms with Crippen LogP contribution in [0.3, 0.4) is 0 Å². The lowest BCUT2D eigenvalue weighted by Crippen LogP contribution is -2.09. The van der Waals surface area contributed by atoms with Crippen molar-refractivity contribution in [3.8, 4) is 0 Å². The minimum absolute atomic E-state index is 0.0844. The van der Waals surface area contributed by atoms with Gasteiger partial charge >= 0.3 is 0 Å². The first-order chi connectivity index (χ1) is 8.58. The van der Waals surface area contributed by atoms with Gasteiger partial charge in [0.25, 0.3) is 0 Å². The Kier molecular flexibility index (Phi) is 3.66. The minimum atomic E-state index is -0.200. The molecule has 0 aromatic heterocycles. The Morgan fingerprint density at radius 2 is 1.67 bits per heavy atom. The number of benzene rings is 2. The molecule has 0 heterocycles. The second kappa shape index (κ2) is 5.21. The Balaban J connectivity index is 2.21. The van der Waals surface area contributed by atoms with Crippen molar-refractivity contribution in [3.63, 3.8) is 0 Å². The SMILES string of the molecule is Cc1ccc(C(C)Nc2c(C)cccc2F)cc1. The van der Waals surface area contributed by atoms with Crippen LogP contribution in [0.15, 0.2) is 42.5 Å². The summed E-state index contributed by atoms with van der Waals surface area (Å²) >= 11 is 0. The van der Waals surface area contributed by atoms with E-state index in [0.29, 0.717) is 5.69 Å². The third-order valence-electron chi connectivity index (χ3n) is 3.16. The molecule has 2 heteroatoms. The molecule has 0 spiro atoms. The second-order valence-electron chi connectivity index (χ2n) is 4.71. The van der Waals surface area contributed by atoms with Crippen LogP contribution in [-0.4, -0.2) is 0 Å². The van der Waals surface area contributed by atoms with E-state index in [1.165, 1.54) is 11.6 Å². The molecule has 0 aliphatic rings. The lowest BCUT2D eigenvalue weighted by Gasteiger charge is -2.18. The highest BCUT2D eigenvalue weighted by molar-refractivity contribution is 5.53. The molecule has 94 valence electrons. The van der Waals surface area contributed by atoms with Gasteiger partial charge in [0.2, 0.25) is 0 Å². The zero-order chi connectivity index (χ0) is 13.1. The Bertz CT molecular complexity index is 511. The third-order valence-corrected chi connectivity index (χ3v) is 3.16. The van der Waals surface area contributed by atoms with Crippen LogP contribution in [0, 0.1) is 19.7 Å². The monoisotopic (exact) mass is 243 g/mol. The number of nitrogens with one attached hydrogen (secondary N) is 1. The quantitative estimate of drug-likeness (QED) is 0.829. The van der Waals surface area contributed by atoms with Crippen LogP contribution >= 0.6 is 0 Å². The third kappa shape index (κ3) is 2.70. The van der Waals surface area contributed by atoms with E-state index in [4.69, 9.17) is 0 Å². The van der Waals surface area contributed by atoms with Gasteiger partial charge in [-0.3, -0.25) is 0 Å². The normalized spacial score (nSPS) is 12.2. The van der Waals surface area contributed by atoms with Crippen molar-refractivity contribution in [1.29, 1.82) is 0 Å². The highest BCUT2D eigenvalue weighted by Crippen LogP contribution is 2.24. The zero-order valence-corrected chi connectivity index (χ0v) is 11.0. The van der Waals surface area contributed by atoms with Crippen LogP contribution in [0.4, 0.5) is 10.1 Å². The maximum Gasteiger partial charge on any atom is 0.146 e. The van der Waals surface area contributed by atoms with Gasteiger partial charge in [0.05, 0.1) is 5.69 Å². The minimum Gasteiger partial charge on any atom is -0.376 e. The smallest absolute Gasteiger partial charge is 0.146 e. The summed E-state index contributed by atoms with van der Waals surface area (Å²) in [5, 5.41) is 3.24. The lowest BCUT2D eigenvalue weighted by atomic mass is 10.1. The highest BCUT2D eigenvalue weighted by atomic mass is 19.1. The summed E-state index contributed by atoms with van der Waals surface area (Å²) in [6.07, 6.45) is 0. The van der Waals surface area contributed by atoms with Crippen LogP contribution in [-0.2, 0) is 0 Å². The molecule has 2 aromatic carbocycles. The van der Waals surface area contributed by atoms with Gasteiger partial charge < -0.3 is 5.32 Å². The van der Waals surface area contributed by atoms with Crippen molar-refractivity contribution in [3.05, 3.63) is 65.0 Å². The van der Waals surface area contributed by atoms with Crippen molar-refractivity contribution in [2.75, 3.05) is 5.32 Å². The number of hydrogen-bond donors (Lipinski definition) is 1. The Hall–Kier alpha value is -1.83. The molecule has 1 atom stereocenters. The Morgan fingerprint density at radius 3 is 2.28 bits per heavy atom. The highest BCUT2D eigenvalue weighted by Gasteiger charge is 2.10. The molecule has 1 nitrogen and oxygen atoms in total. The molecule has 0 aliphatic carbocycles. The van der Waals surface area contributed by atoms with E-state index in [1.807, 2.05) is 19.9 Å². The molecule has 0 saturated carbocycles. The van der Waals surface area contributed by atoms with Crippen molar-refractivity contribution >= 4 is 5.69 Å². The molecule has 0 bridgehead atoms. The van der Waals surface area contributed by atoms with Crippen molar-refractivity contribution in [2.45, 2.75) is 26.8 Å². The summed E-state index contributed by atoms with van der Waals surface area (Å²) in [6.45, 7) is 6.01. The summed E-state index contributed by atoms with van der Waals surface area (Å²) in [7, 11) is 0. The fraction of sp³-hybridized carbons (Fsp3) is 0.250. The van der Waals surface area contributed by atoms with Crippen LogP contribution in [0.25, 0.3) is 0 Å². The average Bonchev–Trinajstić information content (AvgIpc) is 2.34. The number of anilines is 1. The molecular formula is C16H18FN. The summed E-state index contributed by atoms with van der Waals surface area (Å²) < 4.78 is 13.7. The average molecular weight is 243 g/mol. The largest absolute Gasteiger partial charge is 0.376 e. The standard InChI is InChI=1S/C16H18FN/c1-11-7-9-14(10-8-11)13(3)18-16-12(2)5-4-6-15(16)17/h4-10,13,18H,1-3H3. The van der Waals surface area contributed by atoms with Gasteiger partial charge in [0.1, 0.15) is 5.82 Å². The molecule has 0 aliphatic heterocycles. The molecular weight excluding hydrogens is 225 g/mol. The van der Waals surface area contributed by atoms with E-state index < -0.39 is 0 Å². The molecule has 0 saturated heterocycles. The number of rotatable bonds is 3. The molecule has 2 aromatic rings. The van der Waals surface area contributed by atoms with Crippen molar-refractivity contribution in [2.24, 2.45) is 0 Å². The van der Waals surface area contributed by atoms with E-state index in [1.54, 1.807) is 6.07 Å². The molecule has 1 unspecified atom stereocenters. The fourth-order valence-electron chi connectivity index (χ4n) is 1.97. The summed E-state index contributed by atoms with van der Waals surface area (Å²) in [5.74, 6) is -0.200. The van der Waals surface area contributed by atoms with Crippen LogP contribution in [0.2, 0.25) is 0 Å². The van der Waals surface area contributed by atoms with Crippen molar-refractivity contribution in [1.82, 2.24) is 0 Å². The molecule has 18 heavy (non-hydrogen) atoms. The zero-order valence-electron chi connectivity index (χ0n) is 11.0. The van der Waals surface area contributed by atoms with Crippen molar-refractivity contribution < 1.29 is 4.39 Å². The molecule has 1 N–H and O–H groups in total. The van der Waals surface area contributed by atoms with Gasteiger partial charge in [-0.1, -0.05) is 42.0 Å². The summed E-state index contributed by atoms with van der Waals surface area (Å²) in [5.41, 5.74) is 3.90. The van der Waals surface area contributed by atoms with Gasteiger partial charge in [-0.2, -0.15) is 0 Å². The summed E-state index contributed by atoms with van der Waals surface area (Å²) in [6, 6.07) is 13.5. The van der Waals surface area contributed by atoms with Crippen LogP contribution in [0.5, 0.6) is 0 Å². The predicted octanol–water partition coefficient (Wildman–Crippen LogP) is 4.62. The first kappa shape index (κ1) is 12.6. The first-order valence-corrected chi connectivity index (χ1v) is 6.16. The number of hydrogen-bond acceptors (Lipinski definition) is 1. The van der Waals surface area contributed by atoms with Gasteiger partial charge in [0, 0.05) is 6.04 Å². The Morgan fingerprint density at radius 1 is 1.00 bits per heavy atom. The fourth-order valence-corrected chi connectivity index (χ4v) is 1.97. The van der Waals surface area contributed by atoms with E-state index in [0.717, 1.165) is 11.1 Å². The number of halogens is 1. The maximum atomic E-state index is 13.7. The van der Waals surface area contributed by atoms with Gasteiger partial charge in [-0.25, -0.2) is 4.39 Å². The lowest BCUT2D eigenvalue weighted by molar-refractivity contribution is 0.626. The Labute approximate surface area is 108 Å². The number of aryl methyl sites for hydroxylation is 2. The predicted molar refractivity (Wildman–Crippen MR) is 74.4 cm³/mol. The summed E-state index contributed by atoms with van der Waals surface area (Å²) in [4.78, 5) is 0. The van der Waals surface area contributed by atoms with E-state index in [9.17, 15) is 4.39 Å². The van der Waals surface area contributed by atoms with E-state index in [2.05, 4.69) is 36.5 Å². The van der Waals surface area contributed by atoms with Gasteiger partial charge in [-0.15, -0.1) is 0 Å². The topological polar surface area (TPSA) is 12.0 Å². The first-order valence-electron chi connectivity index (χ1n) is 6.16. The molecule has 0 fully saturated rings. The molecule has 2 rings (SSSR count). The van der Waals surface area contributed by atoms with Gasteiger partial charge in [-0.05, 0) is 38.0 Å². The maximum absolute atomic E-state index is 13.7. The molecule has 0 amide bonds.